The van der Waals surface area contributed by atoms with Crippen LogP contribution in [0.15, 0.2) is 66.7 Å². The Morgan fingerprint density at radius 2 is 1.56 bits per heavy atom. The van der Waals surface area contributed by atoms with Gasteiger partial charge in [-0.15, -0.1) is 0 Å². The lowest BCUT2D eigenvalue weighted by Gasteiger charge is -2.09. The second kappa shape index (κ2) is 9.86. The Kier molecular flexibility index (Phi) is 6.97. The van der Waals surface area contributed by atoms with Gasteiger partial charge in [-0.05, 0) is 47.4 Å². The number of carbonyl (C=O) groups excluding carboxylic acids is 1. The van der Waals surface area contributed by atoms with Gasteiger partial charge in [-0.1, -0.05) is 60.7 Å². The molecule has 3 rings (SSSR count). The fourth-order valence-corrected chi connectivity index (χ4v) is 3.17. The summed E-state index contributed by atoms with van der Waals surface area (Å²) in [5.74, 6) is -0.0198. The number of hydrogen-bond donors (Lipinski definition) is 3. The fraction of sp³-hybridized carbons (Fsp3) is 0.261. The Balaban J connectivity index is 1.35. The highest BCUT2D eigenvalue weighted by Crippen LogP contribution is 2.18. The third kappa shape index (κ3) is 5.39. The van der Waals surface area contributed by atoms with Crippen molar-refractivity contribution in [3.8, 4) is 0 Å². The summed E-state index contributed by atoms with van der Waals surface area (Å²) in [6.07, 6.45) is 2.11. The summed E-state index contributed by atoms with van der Waals surface area (Å²) in [6, 6.07) is 22.3. The lowest BCUT2D eigenvalue weighted by molar-refractivity contribution is 0.0955. The van der Waals surface area contributed by atoms with E-state index in [-0.39, 0.29) is 5.91 Å². The van der Waals surface area contributed by atoms with Gasteiger partial charge in [-0.25, -0.2) is 0 Å². The van der Waals surface area contributed by atoms with Gasteiger partial charge >= 0.3 is 0 Å². The van der Waals surface area contributed by atoms with Crippen LogP contribution in [-0.4, -0.2) is 25.5 Å². The second-order valence-electron chi connectivity index (χ2n) is 6.66. The Labute approximate surface area is 160 Å². The number of nitrogens with two attached hydrogens (primary N) is 1. The molecule has 0 aliphatic carbocycles. The number of hydrogen-bond acceptors (Lipinski definition) is 3. The van der Waals surface area contributed by atoms with E-state index in [1.807, 2.05) is 42.5 Å². The van der Waals surface area contributed by atoms with Crippen molar-refractivity contribution in [1.29, 1.82) is 0 Å². The number of carbonyl (C=O) groups is 1. The van der Waals surface area contributed by atoms with Crippen molar-refractivity contribution in [2.75, 3.05) is 19.6 Å². The third-order valence-corrected chi connectivity index (χ3v) is 4.70. The summed E-state index contributed by atoms with van der Waals surface area (Å²) >= 11 is 0. The molecule has 0 heterocycles. The molecule has 1 amide bonds. The highest BCUT2D eigenvalue weighted by Gasteiger charge is 2.08. The van der Waals surface area contributed by atoms with Crippen LogP contribution in [0, 0.1) is 0 Å². The molecule has 0 fully saturated rings. The number of benzene rings is 3. The molecular formula is C23H27N3O. The topological polar surface area (TPSA) is 67.2 Å². The molecule has 4 heteroatoms. The van der Waals surface area contributed by atoms with Crippen molar-refractivity contribution in [1.82, 2.24) is 10.6 Å². The van der Waals surface area contributed by atoms with E-state index < -0.39 is 0 Å². The zero-order chi connectivity index (χ0) is 18.9. The first-order chi connectivity index (χ1) is 13.3. The molecule has 0 unspecified atom stereocenters. The van der Waals surface area contributed by atoms with Gasteiger partial charge in [0.25, 0.3) is 5.91 Å². The van der Waals surface area contributed by atoms with Gasteiger partial charge in [-0.3, -0.25) is 4.79 Å². The smallest absolute Gasteiger partial charge is 0.251 e. The minimum absolute atomic E-state index is 0.0198. The van der Waals surface area contributed by atoms with E-state index in [0.29, 0.717) is 13.1 Å². The number of nitrogens with one attached hydrogen (secondary N) is 2. The summed E-state index contributed by atoms with van der Waals surface area (Å²) in [4.78, 5) is 12.4. The summed E-state index contributed by atoms with van der Waals surface area (Å²) in [5.41, 5.74) is 8.84. The molecule has 140 valence electrons. The largest absolute Gasteiger partial charge is 0.351 e. The second-order valence-corrected chi connectivity index (χ2v) is 6.66. The number of fused-ring (bicyclic) bond motifs is 1. The molecule has 0 radical (unpaired) electrons. The Hall–Kier alpha value is -2.69. The minimum Gasteiger partial charge on any atom is -0.351 e. The van der Waals surface area contributed by atoms with Crippen molar-refractivity contribution in [3.05, 3.63) is 83.4 Å². The van der Waals surface area contributed by atoms with Crippen LogP contribution in [0.3, 0.4) is 0 Å². The summed E-state index contributed by atoms with van der Waals surface area (Å²) in [6.45, 7) is 2.91. The van der Waals surface area contributed by atoms with E-state index in [0.717, 1.165) is 42.3 Å². The lowest BCUT2D eigenvalue weighted by atomic mass is 10.0. The molecule has 0 aliphatic rings. The van der Waals surface area contributed by atoms with Crippen molar-refractivity contribution >= 4 is 16.7 Å². The third-order valence-electron chi connectivity index (χ3n) is 4.70. The summed E-state index contributed by atoms with van der Waals surface area (Å²) in [7, 11) is 0. The monoisotopic (exact) mass is 361 g/mol. The van der Waals surface area contributed by atoms with Crippen LogP contribution in [-0.2, 0) is 13.0 Å². The first kappa shape index (κ1) is 19.1. The van der Waals surface area contributed by atoms with Gasteiger partial charge in [0.2, 0.25) is 0 Å². The molecule has 4 nitrogen and oxygen atoms in total. The molecule has 27 heavy (non-hydrogen) atoms. The number of amides is 1. The van der Waals surface area contributed by atoms with E-state index in [1.165, 1.54) is 11.1 Å². The predicted molar refractivity (Wildman–Crippen MR) is 112 cm³/mol. The maximum atomic E-state index is 12.4. The lowest BCUT2D eigenvalue weighted by Crippen LogP contribution is -2.32. The van der Waals surface area contributed by atoms with E-state index in [1.54, 1.807) is 0 Å². The quantitative estimate of drug-likeness (QED) is 0.513. The first-order valence-electron chi connectivity index (χ1n) is 9.52. The van der Waals surface area contributed by atoms with E-state index in [9.17, 15) is 4.79 Å². The van der Waals surface area contributed by atoms with Crippen LogP contribution in [0.2, 0.25) is 0 Å². The van der Waals surface area contributed by atoms with Crippen LogP contribution in [0.1, 0.15) is 27.9 Å². The summed E-state index contributed by atoms with van der Waals surface area (Å²) < 4.78 is 0. The zero-order valence-corrected chi connectivity index (χ0v) is 15.6. The van der Waals surface area contributed by atoms with Crippen molar-refractivity contribution in [2.24, 2.45) is 5.73 Å². The molecule has 0 aliphatic heterocycles. The summed E-state index contributed by atoms with van der Waals surface area (Å²) in [5, 5.41) is 8.46. The van der Waals surface area contributed by atoms with Crippen LogP contribution in [0.25, 0.3) is 10.8 Å². The Morgan fingerprint density at radius 3 is 2.37 bits per heavy atom. The van der Waals surface area contributed by atoms with Gasteiger partial charge in [-0.2, -0.15) is 0 Å². The van der Waals surface area contributed by atoms with Crippen LogP contribution >= 0.6 is 0 Å². The molecule has 0 saturated heterocycles. The molecule has 4 N–H and O–H groups in total. The van der Waals surface area contributed by atoms with E-state index in [2.05, 4.69) is 34.9 Å². The Bertz CT molecular complexity index is 869. The highest BCUT2D eigenvalue weighted by molar-refractivity contribution is 6.06. The van der Waals surface area contributed by atoms with Crippen LogP contribution in [0.5, 0.6) is 0 Å². The molecule has 0 saturated carbocycles. The van der Waals surface area contributed by atoms with Crippen LogP contribution in [0.4, 0.5) is 0 Å². The number of aryl methyl sites for hydroxylation is 1. The predicted octanol–water partition coefficient (Wildman–Crippen LogP) is 3.25. The van der Waals surface area contributed by atoms with Gasteiger partial charge in [0.05, 0.1) is 0 Å². The number of rotatable bonds is 9. The molecule has 0 bridgehead atoms. The molecule has 0 atom stereocenters. The fourth-order valence-electron chi connectivity index (χ4n) is 3.17. The van der Waals surface area contributed by atoms with Crippen molar-refractivity contribution in [2.45, 2.75) is 19.4 Å². The standard InChI is InChI=1S/C23H27N3O/c24-17-19-12-10-18(11-13-19)5-4-14-25-15-16-26-23(27)22-9-3-7-20-6-1-2-8-21(20)22/h1-3,6-13,25H,4-5,14-17,24H2,(H,26,27). The molecule has 3 aromatic carbocycles. The van der Waals surface area contributed by atoms with Gasteiger partial charge in [0, 0.05) is 25.2 Å². The zero-order valence-electron chi connectivity index (χ0n) is 15.6. The van der Waals surface area contributed by atoms with Crippen molar-refractivity contribution in [3.63, 3.8) is 0 Å². The Morgan fingerprint density at radius 1 is 0.815 bits per heavy atom. The normalized spacial score (nSPS) is 10.9. The van der Waals surface area contributed by atoms with Gasteiger partial charge in [0.1, 0.15) is 0 Å². The van der Waals surface area contributed by atoms with Gasteiger partial charge in [0.15, 0.2) is 0 Å². The van der Waals surface area contributed by atoms with Crippen molar-refractivity contribution < 1.29 is 4.79 Å². The minimum atomic E-state index is -0.0198. The van der Waals surface area contributed by atoms with E-state index >= 15 is 0 Å². The molecular weight excluding hydrogens is 334 g/mol. The SMILES string of the molecule is NCc1ccc(CCCNCCNC(=O)c2cccc3ccccc23)cc1. The average molecular weight is 361 g/mol. The maximum absolute atomic E-state index is 12.4. The molecule has 3 aromatic rings. The highest BCUT2D eigenvalue weighted by atomic mass is 16.1. The maximum Gasteiger partial charge on any atom is 0.251 e. The molecule has 0 spiro atoms. The van der Waals surface area contributed by atoms with Crippen LogP contribution < -0.4 is 16.4 Å². The average Bonchev–Trinajstić information content (AvgIpc) is 2.73. The van der Waals surface area contributed by atoms with Gasteiger partial charge < -0.3 is 16.4 Å². The molecule has 0 aromatic heterocycles. The van der Waals surface area contributed by atoms with E-state index in [4.69, 9.17) is 5.73 Å². The first-order valence-corrected chi connectivity index (χ1v) is 9.52.